The molecule has 6 rings (SSSR count). The molecule has 2 amide bonds. The smallest absolute Gasteiger partial charge is 0.249 e. The fourth-order valence-corrected chi connectivity index (χ4v) is 5.81. The van der Waals surface area contributed by atoms with E-state index in [1.54, 1.807) is 23.3 Å². The largest absolute Gasteiger partial charge is 0.457 e. The molecule has 2 aromatic heterocycles. The Bertz CT molecular complexity index is 1550. The Morgan fingerprint density at radius 2 is 1.85 bits per heavy atom. The Balaban J connectivity index is 1.27. The highest BCUT2D eigenvalue weighted by molar-refractivity contribution is 7.14. The van der Waals surface area contributed by atoms with Crippen molar-refractivity contribution in [2.24, 2.45) is 0 Å². The molecule has 2 aliphatic rings. The summed E-state index contributed by atoms with van der Waals surface area (Å²) in [6.07, 6.45) is 2.56. The van der Waals surface area contributed by atoms with Crippen LogP contribution in [-0.2, 0) is 16.1 Å². The number of amides is 2. The summed E-state index contributed by atoms with van der Waals surface area (Å²) in [5.41, 5.74) is 2.59. The van der Waals surface area contributed by atoms with Gasteiger partial charge in [0.25, 0.3) is 0 Å². The van der Waals surface area contributed by atoms with E-state index >= 15 is 0 Å². The van der Waals surface area contributed by atoms with E-state index in [-0.39, 0.29) is 17.9 Å². The maximum atomic E-state index is 12.3. The Labute approximate surface area is 236 Å². The van der Waals surface area contributed by atoms with Gasteiger partial charge in [0.15, 0.2) is 0 Å². The Morgan fingerprint density at radius 1 is 1.05 bits per heavy atom. The molecule has 0 bridgehead atoms. The van der Waals surface area contributed by atoms with Gasteiger partial charge in [-0.15, -0.1) is 10.2 Å². The number of likely N-dealkylation sites (tertiary alicyclic amines) is 2. The molecule has 40 heavy (non-hydrogen) atoms. The molecule has 1 atom stereocenters. The fourth-order valence-electron chi connectivity index (χ4n) is 4.95. The van der Waals surface area contributed by atoms with E-state index in [0.29, 0.717) is 54.9 Å². The van der Waals surface area contributed by atoms with Crippen LogP contribution in [0.15, 0.2) is 47.0 Å². The Kier molecular flexibility index (Phi) is 7.05. The second kappa shape index (κ2) is 10.8. The molecule has 2 aliphatic heterocycles. The lowest BCUT2D eigenvalue weighted by molar-refractivity contribution is -0.128. The molecule has 2 saturated heterocycles. The molecule has 206 valence electrons. The number of nitrogens with zero attached hydrogens (tertiary/aromatic N) is 6. The quantitative estimate of drug-likeness (QED) is 0.275. The van der Waals surface area contributed by atoms with Crippen LogP contribution in [0.3, 0.4) is 0 Å². The van der Waals surface area contributed by atoms with Crippen molar-refractivity contribution >= 4 is 23.2 Å². The van der Waals surface area contributed by atoms with E-state index in [4.69, 9.17) is 9.26 Å². The van der Waals surface area contributed by atoms with Crippen LogP contribution in [0.2, 0.25) is 0 Å². The number of aromatic nitrogens is 4. The van der Waals surface area contributed by atoms with Crippen LogP contribution in [0, 0.1) is 0 Å². The van der Waals surface area contributed by atoms with Gasteiger partial charge in [-0.05, 0) is 43.2 Å². The third-order valence-electron chi connectivity index (χ3n) is 7.34. The normalized spacial score (nSPS) is 17.4. The summed E-state index contributed by atoms with van der Waals surface area (Å²) in [5, 5.41) is 14.7. The third kappa shape index (κ3) is 5.21. The van der Waals surface area contributed by atoms with Gasteiger partial charge in [-0.1, -0.05) is 42.5 Å². The molecule has 10 nitrogen and oxygen atoms in total. The number of carbonyl (C=O) groups is 2. The van der Waals surface area contributed by atoms with Gasteiger partial charge in [-0.2, -0.15) is 4.98 Å². The van der Waals surface area contributed by atoms with E-state index < -0.39 is 0 Å². The number of hydrogen-bond donors (Lipinski definition) is 0. The molecule has 0 saturated carbocycles. The minimum absolute atomic E-state index is 0.0683. The number of hydrogen-bond acceptors (Lipinski definition) is 9. The van der Waals surface area contributed by atoms with Crippen molar-refractivity contribution in [1.29, 1.82) is 0 Å². The predicted molar refractivity (Wildman–Crippen MR) is 149 cm³/mol. The zero-order valence-electron chi connectivity index (χ0n) is 22.7. The molecule has 11 heteroatoms. The third-order valence-corrected chi connectivity index (χ3v) is 8.61. The van der Waals surface area contributed by atoms with E-state index in [9.17, 15) is 9.59 Å². The molecule has 0 N–H and O–H groups in total. The van der Waals surface area contributed by atoms with Crippen LogP contribution in [0.25, 0.3) is 22.0 Å². The molecule has 0 aliphatic carbocycles. The van der Waals surface area contributed by atoms with Crippen LogP contribution in [0.4, 0.5) is 0 Å². The first-order valence-electron chi connectivity index (χ1n) is 13.5. The van der Waals surface area contributed by atoms with Crippen LogP contribution in [-0.4, -0.2) is 55.5 Å². The van der Waals surface area contributed by atoms with Gasteiger partial charge in [0.2, 0.25) is 23.5 Å². The number of rotatable bonds is 8. The van der Waals surface area contributed by atoms with Gasteiger partial charge in [0.1, 0.15) is 27.6 Å². The van der Waals surface area contributed by atoms with Crippen molar-refractivity contribution in [3.8, 4) is 33.5 Å². The zero-order valence-corrected chi connectivity index (χ0v) is 23.5. The first-order valence-corrected chi connectivity index (χ1v) is 14.3. The summed E-state index contributed by atoms with van der Waals surface area (Å²) >= 11 is 1.59. The lowest BCUT2D eigenvalue weighted by Gasteiger charge is -2.19. The zero-order chi connectivity index (χ0) is 27.8. The van der Waals surface area contributed by atoms with Gasteiger partial charge < -0.3 is 19.1 Å². The fraction of sp³-hybridized carbons (Fsp3) is 0.379. The summed E-state index contributed by atoms with van der Waals surface area (Å²) < 4.78 is 11.9. The number of ether oxygens (including phenoxy) is 1. The average molecular weight is 559 g/mol. The second-order valence-electron chi connectivity index (χ2n) is 10.5. The molecule has 4 aromatic rings. The molecule has 2 fully saturated rings. The highest BCUT2D eigenvalue weighted by Crippen LogP contribution is 2.35. The van der Waals surface area contributed by atoms with Crippen molar-refractivity contribution in [3.63, 3.8) is 0 Å². The summed E-state index contributed by atoms with van der Waals surface area (Å²) in [6, 6.07) is 13.3. The Hall–Kier alpha value is -4.12. The Morgan fingerprint density at radius 3 is 2.52 bits per heavy atom. The molecular formula is C29H30N6O4S. The molecule has 4 heterocycles. The SMILES string of the molecule is CC(C)c1nnc(-c2ccc(Oc3cc(-c4noc(C5CCC(=O)N5C)n4)ccc3CN3CCCC3=O)cc2)s1. The topological polar surface area (TPSA) is 115 Å². The lowest BCUT2D eigenvalue weighted by Crippen LogP contribution is -2.24. The maximum Gasteiger partial charge on any atom is 0.249 e. The summed E-state index contributed by atoms with van der Waals surface area (Å²) in [5.74, 6) is 2.66. The average Bonchev–Trinajstić information content (AvgIpc) is 3.75. The van der Waals surface area contributed by atoms with Crippen molar-refractivity contribution in [2.75, 3.05) is 13.6 Å². The summed E-state index contributed by atoms with van der Waals surface area (Å²) in [6.45, 7) is 5.40. The monoisotopic (exact) mass is 558 g/mol. The van der Waals surface area contributed by atoms with E-state index in [0.717, 1.165) is 39.7 Å². The summed E-state index contributed by atoms with van der Waals surface area (Å²) in [7, 11) is 1.75. The van der Waals surface area contributed by atoms with Gasteiger partial charge in [-0.25, -0.2) is 0 Å². The van der Waals surface area contributed by atoms with E-state index in [1.165, 1.54) is 0 Å². The highest BCUT2D eigenvalue weighted by atomic mass is 32.1. The van der Waals surface area contributed by atoms with Crippen LogP contribution >= 0.6 is 11.3 Å². The number of benzene rings is 2. The van der Waals surface area contributed by atoms with Crippen molar-refractivity contribution in [2.45, 2.75) is 58.0 Å². The van der Waals surface area contributed by atoms with Crippen molar-refractivity contribution in [3.05, 3.63) is 58.9 Å². The van der Waals surface area contributed by atoms with Crippen LogP contribution in [0.1, 0.15) is 68.0 Å². The van der Waals surface area contributed by atoms with Crippen LogP contribution in [0.5, 0.6) is 11.5 Å². The van der Waals surface area contributed by atoms with E-state index in [1.807, 2.05) is 47.4 Å². The van der Waals surface area contributed by atoms with Gasteiger partial charge in [0, 0.05) is 55.6 Å². The van der Waals surface area contributed by atoms with E-state index in [2.05, 4.69) is 34.2 Å². The van der Waals surface area contributed by atoms with Crippen molar-refractivity contribution in [1.82, 2.24) is 30.1 Å². The van der Waals surface area contributed by atoms with Gasteiger partial charge in [-0.3, -0.25) is 9.59 Å². The standard InChI is InChI=1S/C29H30N6O4S/c1-17(2)28-31-32-29(40-28)18-8-10-21(11-9-18)38-23-15-19(6-7-20(23)16-35-14-4-5-25(35)37)26-30-27(39-33-26)22-12-13-24(36)34(22)3/h6-11,15,17,22H,4-5,12-14,16H2,1-3H3. The minimum atomic E-state index is -0.215. The molecular weight excluding hydrogens is 528 g/mol. The first-order chi connectivity index (χ1) is 19.4. The molecule has 1 unspecified atom stereocenters. The van der Waals surface area contributed by atoms with Gasteiger partial charge >= 0.3 is 0 Å². The molecule has 2 aromatic carbocycles. The van der Waals surface area contributed by atoms with Gasteiger partial charge in [0.05, 0.1) is 0 Å². The maximum absolute atomic E-state index is 12.3. The number of carbonyl (C=O) groups excluding carboxylic acids is 2. The first kappa shape index (κ1) is 26.1. The molecule has 0 spiro atoms. The second-order valence-corrected chi connectivity index (χ2v) is 11.5. The van der Waals surface area contributed by atoms with Crippen LogP contribution < -0.4 is 4.74 Å². The highest BCUT2D eigenvalue weighted by Gasteiger charge is 2.33. The molecule has 0 radical (unpaired) electrons. The van der Waals surface area contributed by atoms with Crippen molar-refractivity contribution < 1.29 is 18.8 Å². The predicted octanol–water partition coefficient (Wildman–Crippen LogP) is 5.59. The minimum Gasteiger partial charge on any atom is -0.457 e. The lowest BCUT2D eigenvalue weighted by atomic mass is 10.1. The summed E-state index contributed by atoms with van der Waals surface area (Å²) in [4.78, 5) is 32.4.